The largest absolute Gasteiger partial charge is 0.360 e. The first-order chi connectivity index (χ1) is 9.46. The molecule has 0 spiro atoms. The van der Waals surface area contributed by atoms with Gasteiger partial charge in [0.25, 0.3) is 0 Å². The molecule has 0 aliphatic carbocycles. The van der Waals surface area contributed by atoms with Crippen LogP contribution in [0.15, 0.2) is 30.0 Å². The number of anilines is 2. The summed E-state index contributed by atoms with van der Waals surface area (Å²) in [5.41, 5.74) is 1.90. The van der Waals surface area contributed by atoms with Crippen LogP contribution in [0.2, 0.25) is 0 Å². The molecule has 0 bridgehead atoms. The number of nitriles is 2. The number of urea groups is 1. The average Bonchev–Trinajstić information content (AvgIpc) is 2.39. The molecule has 0 atom stereocenters. The smallest absolute Gasteiger partial charge is 0.319 e. The maximum Gasteiger partial charge on any atom is 0.319 e. The molecule has 1 aromatic rings. The second-order valence-electron chi connectivity index (χ2n) is 4.89. The van der Waals surface area contributed by atoms with Crippen molar-refractivity contribution in [3.05, 3.63) is 35.5 Å². The number of rotatable bonds is 2. The number of nitrogens with zero attached hydrogens (tertiary/aromatic N) is 2. The van der Waals surface area contributed by atoms with Gasteiger partial charge in [-0.05, 0) is 32.0 Å². The zero-order chi connectivity index (χ0) is 14.8. The number of amides is 2. The number of benzene rings is 1. The van der Waals surface area contributed by atoms with Gasteiger partial charge >= 0.3 is 6.03 Å². The summed E-state index contributed by atoms with van der Waals surface area (Å²) in [7, 11) is 0. The highest BCUT2D eigenvalue weighted by Gasteiger charge is 2.30. The fourth-order valence-electron chi connectivity index (χ4n) is 2.01. The molecule has 2 rings (SSSR count). The van der Waals surface area contributed by atoms with Crippen molar-refractivity contribution >= 4 is 17.4 Å². The van der Waals surface area contributed by atoms with E-state index in [2.05, 4.69) is 16.0 Å². The maximum absolute atomic E-state index is 11.5. The van der Waals surface area contributed by atoms with E-state index in [4.69, 9.17) is 10.5 Å². The van der Waals surface area contributed by atoms with Crippen molar-refractivity contribution in [2.75, 3.05) is 10.6 Å². The SMILES string of the molecule is CC1(C)NC(=O)Nc2ccc(NC=C(C#N)C#N)cc21. The monoisotopic (exact) mass is 267 g/mol. The summed E-state index contributed by atoms with van der Waals surface area (Å²) in [5, 5.41) is 25.8. The van der Waals surface area contributed by atoms with Gasteiger partial charge in [-0.3, -0.25) is 0 Å². The lowest BCUT2D eigenvalue weighted by Gasteiger charge is -2.34. The molecule has 0 saturated heterocycles. The minimum Gasteiger partial charge on any atom is -0.360 e. The van der Waals surface area contributed by atoms with Crippen LogP contribution in [0.4, 0.5) is 16.2 Å². The Morgan fingerprint density at radius 3 is 2.70 bits per heavy atom. The van der Waals surface area contributed by atoms with Gasteiger partial charge in [0, 0.05) is 23.1 Å². The van der Waals surface area contributed by atoms with Crippen LogP contribution in [-0.2, 0) is 5.54 Å². The van der Waals surface area contributed by atoms with E-state index in [0.29, 0.717) is 0 Å². The van der Waals surface area contributed by atoms with Crippen LogP contribution >= 0.6 is 0 Å². The predicted molar refractivity (Wildman–Crippen MR) is 74.6 cm³/mol. The number of allylic oxidation sites excluding steroid dienone is 1. The highest BCUT2D eigenvalue weighted by molar-refractivity contribution is 5.94. The van der Waals surface area contributed by atoms with Gasteiger partial charge in [0.1, 0.15) is 17.7 Å². The first-order valence-electron chi connectivity index (χ1n) is 5.97. The van der Waals surface area contributed by atoms with E-state index in [1.165, 1.54) is 6.20 Å². The Hall–Kier alpha value is -2.99. The Morgan fingerprint density at radius 1 is 1.35 bits per heavy atom. The van der Waals surface area contributed by atoms with Crippen molar-refractivity contribution in [1.82, 2.24) is 5.32 Å². The lowest BCUT2D eigenvalue weighted by molar-refractivity contribution is 0.239. The molecule has 3 N–H and O–H groups in total. The molecule has 20 heavy (non-hydrogen) atoms. The molecule has 0 fully saturated rings. The minimum absolute atomic E-state index is 0.00610. The van der Waals surface area contributed by atoms with Crippen molar-refractivity contribution in [2.45, 2.75) is 19.4 Å². The van der Waals surface area contributed by atoms with Gasteiger partial charge in [-0.15, -0.1) is 0 Å². The maximum atomic E-state index is 11.5. The number of hydrogen-bond donors (Lipinski definition) is 3. The van der Waals surface area contributed by atoms with Gasteiger partial charge in [-0.2, -0.15) is 10.5 Å². The summed E-state index contributed by atoms with van der Waals surface area (Å²) in [6.45, 7) is 3.81. The van der Waals surface area contributed by atoms with Gasteiger partial charge < -0.3 is 16.0 Å². The summed E-state index contributed by atoms with van der Waals surface area (Å²) < 4.78 is 0. The fourth-order valence-corrected chi connectivity index (χ4v) is 2.01. The highest BCUT2D eigenvalue weighted by Crippen LogP contribution is 2.33. The summed E-state index contributed by atoms with van der Waals surface area (Å²) in [6, 6.07) is 8.73. The lowest BCUT2D eigenvalue weighted by Crippen LogP contribution is -2.47. The summed E-state index contributed by atoms with van der Waals surface area (Å²) in [4.78, 5) is 11.5. The summed E-state index contributed by atoms with van der Waals surface area (Å²) in [5.74, 6) is 0. The van der Waals surface area contributed by atoms with Crippen LogP contribution in [0.25, 0.3) is 0 Å². The standard InChI is InChI=1S/C14H13N5O/c1-14(2)11-5-10(17-8-9(6-15)7-16)3-4-12(11)18-13(20)19-14/h3-5,8,17H,1-2H3,(H2,18,19,20). The molecule has 1 aliphatic rings. The molecule has 0 saturated carbocycles. The molecule has 0 unspecified atom stereocenters. The molecule has 6 heteroatoms. The third-order valence-corrected chi connectivity index (χ3v) is 2.99. The van der Waals surface area contributed by atoms with Crippen molar-refractivity contribution in [2.24, 2.45) is 0 Å². The molecule has 0 aromatic heterocycles. The number of hydrogen-bond acceptors (Lipinski definition) is 4. The molecular formula is C14H13N5O. The molecule has 0 radical (unpaired) electrons. The van der Waals surface area contributed by atoms with Gasteiger partial charge in [0.2, 0.25) is 0 Å². The Bertz CT molecular complexity index is 660. The van der Waals surface area contributed by atoms with Crippen molar-refractivity contribution < 1.29 is 4.79 Å². The second kappa shape index (κ2) is 4.94. The summed E-state index contributed by atoms with van der Waals surface area (Å²) in [6.07, 6.45) is 1.35. The molecule has 1 aliphatic heterocycles. The van der Waals surface area contributed by atoms with Crippen molar-refractivity contribution in [3.63, 3.8) is 0 Å². The van der Waals surface area contributed by atoms with Gasteiger partial charge in [-0.1, -0.05) is 0 Å². The van der Waals surface area contributed by atoms with E-state index in [9.17, 15) is 4.79 Å². The normalized spacial score (nSPS) is 14.7. The molecular weight excluding hydrogens is 254 g/mol. The quantitative estimate of drug-likeness (QED) is 0.716. The minimum atomic E-state index is -0.494. The third kappa shape index (κ3) is 2.55. The zero-order valence-corrected chi connectivity index (χ0v) is 11.1. The number of carbonyl (C=O) groups is 1. The van der Waals surface area contributed by atoms with Crippen molar-refractivity contribution in [1.29, 1.82) is 10.5 Å². The number of nitrogens with one attached hydrogen (secondary N) is 3. The van der Waals surface area contributed by atoms with Crippen LogP contribution < -0.4 is 16.0 Å². The van der Waals surface area contributed by atoms with Gasteiger partial charge in [-0.25, -0.2) is 4.79 Å². The van der Waals surface area contributed by atoms with E-state index in [1.807, 2.05) is 19.9 Å². The van der Waals surface area contributed by atoms with E-state index >= 15 is 0 Å². The average molecular weight is 267 g/mol. The van der Waals surface area contributed by atoms with Crippen LogP contribution in [-0.4, -0.2) is 6.03 Å². The van der Waals surface area contributed by atoms with Gasteiger partial charge in [0.05, 0.1) is 5.54 Å². The van der Waals surface area contributed by atoms with Crippen molar-refractivity contribution in [3.8, 4) is 12.1 Å². The molecule has 100 valence electrons. The van der Waals surface area contributed by atoms with Gasteiger partial charge in [0.15, 0.2) is 0 Å². The Kier molecular flexibility index (Phi) is 3.32. The third-order valence-electron chi connectivity index (χ3n) is 2.99. The number of carbonyl (C=O) groups excluding carboxylic acids is 1. The lowest BCUT2D eigenvalue weighted by atomic mass is 9.90. The van der Waals surface area contributed by atoms with Crippen LogP contribution in [0.5, 0.6) is 0 Å². The van der Waals surface area contributed by atoms with E-state index < -0.39 is 5.54 Å². The number of fused-ring (bicyclic) bond motifs is 1. The van der Waals surface area contributed by atoms with E-state index in [-0.39, 0.29) is 11.6 Å². The molecule has 1 heterocycles. The van der Waals surface area contributed by atoms with E-state index in [1.54, 1.807) is 24.3 Å². The summed E-state index contributed by atoms with van der Waals surface area (Å²) >= 11 is 0. The topological polar surface area (TPSA) is 101 Å². The molecule has 6 nitrogen and oxygen atoms in total. The Morgan fingerprint density at radius 2 is 2.05 bits per heavy atom. The zero-order valence-electron chi connectivity index (χ0n) is 11.1. The molecule has 2 amide bonds. The Labute approximate surface area is 116 Å². The fraction of sp³-hybridized carbons (Fsp3) is 0.214. The highest BCUT2D eigenvalue weighted by atomic mass is 16.2. The van der Waals surface area contributed by atoms with Crippen LogP contribution in [0.3, 0.4) is 0 Å². The van der Waals surface area contributed by atoms with Crippen LogP contribution in [0.1, 0.15) is 19.4 Å². The van der Waals surface area contributed by atoms with Crippen LogP contribution in [0, 0.1) is 22.7 Å². The Balaban J connectivity index is 2.34. The molecule has 1 aromatic carbocycles. The second-order valence-corrected chi connectivity index (χ2v) is 4.89. The first-order valence-corrected chi connectivity index (χ1v) is 5.97. The van der Waals surface area contributed by atoms with E-state index in [0.717, 1.165) is 16.9 Å². The first kappa shape index (κ1) is 13.4. The predicted octanol–water partition coefficient (Wildman–Crippen LogP) is 2.40.